The summed E-state index contributed by atoms with van der Waals surface area (Å²) < 4.78 is 1.99. The Kier molecular flexibility index (Phi) is 3.36. The van der Waals surface area contributed by atoms with Crippen molar-refractivity contribution in [3.63, 3.8) is 0 Å². The van der Waals surface area contributed by atoms with Crippen LogP contribution in [0.25, 0.3) is 0 Å². The molecule has 1 atom stereocenters. The molecule has 2 rings (SSSR count). The third-order valence-corrected chi connectivity index (χ3v) is 3.33. The van der Waals surface area contributed by atoms with Crippen LogP contribution in [0.15, 0.2) is 18.6 Å². The van der Waals surface area contributed by atoms with Gasteiger partial charge < -0.3 is 9.67 Å². The van der Waals surface area contributed by atoms with Crippen LogP contribution in [0.5, 0.6) is 0 Å². The van der Waals surface area contributed by atoms with Crippen molar-refractivity contribution in [2.24, 2.45) is 0 Å². The Morgan fingerprint density at radius 3 is 2.94 bits per heavy atom. The summed E-state index contributed by atoms with van der Waals surface area (Å²) in [5.41, 5.74) is 0. The fourth-order valence-electron chi connectivity index (χ4n) is 1.63. The molecule has 5 heteroatoms. The number of aliphatic hydroxyl groups is 1. The van der Waals surface area contributed by atoms with Crippen molar-refractivity contribution in [3.05, 3.63) is 34.3 Å². The van der Waals surface area contributed by atoms with Gasteiger partial charge in [0.2, 0.25) is 0 Å². The minimum absolute atomic E-state index is 0.659. The Labute approximate surface area is 98.6 Å². The van der Waals surface area contributed by atoms with Crippen LogP contribution in [-0.2, 0) is 6.54 Å². The molecule has 4 nitrogen and oxygen atoms in total. The van der Waals surface area contributed by atoms with Gasteiger partial charge in [-0.25, -0.2) is 9.97 Å². The van der Waals surface area contributed by atoms with Gasteiger partial charge in [-0.15, -0.1) is 11.3 Å². The minimum atomic E-state index is -0.659. The predicted octanol–water partition coefficient (Wildman–Crippen LogP) is 2.14. The van der Waals surface area contributed by atoms with Gasteiger partial charge in [0.15, 0.2) is 0 Å². The highest BCUT2D eigenvalue weighted by molar-refractivity contribution is 7.11. The molecule has 0 spiro atoms. The van der Waals surface area contributed by atoms with E-state index in [0.29, 0.717) is 5.82 Å². The van der Waals surface area contributed by atoms with Crippen LogP contribution in [0.2, 0.25) is 0 Å². The largest absolute Gasteiger partial charge is 0.379 e. The number of aryl methyl sites for hydroxylation is 2. The first kappa shape index (κ1) is 11.3. The maximum atomic E-state index is 10.2. The summed E-state index contributed by atoms with van der Waals surface area (Å²) in [4.78, 5) is 9.21. The fraction of sp³-hybridized carbons (Fsp3) is 0.455. The lowest BCUT2D eigenvalue weighted by Gasteiger charge is -2.10. The van der Waals surface area contributed by atoms with E-state index in [1.807, 2.05) is 17.7 Å². The summed E-state index contributed by atoms with van der Waals surface area (Å²) >= 11 is 1.51. The lowest BCUT2D eigenvalue weighted by Crippen LogP contribution is -2.08. The van der Waals surface area contributed by atoms with Crippen LogP contribution in [0, 0.1) is 6.92 Å². The SMILES string of the molecule is CCCn1ccnc1C(O)c1cnc(C)s1. The molecule has 0 saturated carbocycles. The van der Waals surface area contributed by atoms with E-state index in [-0.39, 0.29) is 0 Å². The van der Waals surface area contributed by atoms with Crippen molar-refractivity contribution in [3.8, 4) is 0 Å². The van der Waals surface area contributed by atoms with E-state index in [1.54, 1.807) is 12.4 Å². The summed E-state index contributed by atoms with van der Waals surface area (Å²) in [6.45, 7) is 4.91. The Bertz CT molecular complexity index is 463. The van der Waals surface area contributed by atoms with Crippen molar-refractivity contribution in [1.82, 2.24) is 14.5 Å². The summed E-state index contributed by atoms with van der Waals surface area (Å²) in [5, 5.41) is 11.1. The molecule has 2 aromatic rings. The summed E-state index contributed by atoms with van der Waals surface area (Å²) in [7, 11) is 0. The number of hydrogen-bond acceptors (Lipinski definition) is 4. The fourth-order valence-corrected chi connectivity index (χ4v) is 2.40. The second-order valence-corrected chi connectivity index (χ2v) is 4.93. The van der Waals surface area contributed by atoms with Gasteiger partial charge in [0, 0.05) is 25.1 Å². The van der Waals surface area contributed by atoms with Crippen molar-refractivity contribution >= 4 is 11.3 Å². The van der Waals surface area contributed by atoms with Crippen molar-refractivity contribution in [2.45, 2.75) is 32.9 Å². The van der Waals surface area contributed by atoms with Crippen LogP contribution in [-0.4, -0.2) is 19.6 Å². The van der Waals surface area contributed by atoms with Gasteiger partial charge in [0.1, 0.15) is 11.9 Å². The molecule has 1 unspecified atom stereocenters. The summed E-state index contributed by atoms with van der Waals surface area (Å²) in [6, 6.07) is 0. The number of imidazole rings is 1. The molecule has 0 aliphatic heterocycles. The molecule has 0 aromatic carbocycles. The zero-order valence-corrected chi connectivity index (χ0v) is 10.2. The third kappa shape index (κ3) is 2.15. The molecule has 0 fully saturated rings. The zero-order valence-electron chi connectivity index (χ0n) is 9.42. The monoisotopic (exact) mass is 237 g/mol. The quantitative estimate of drug-likeness (QED) is 0.886. The van der Waals surface area contributed by atoms with Crippen LogP contribution in [0.1, 0.15) is 35.2 Å². The number of nitrogens with zero attached hydrogens (tertiary/aromatic N) is 3. The molecular formula is C11H15N3OS. The van der Waals surface area contributed by atoms with Gasteiger partial charge in [-0.1, -0.05) is 6.92 Å². The highest BCUT2D eigenvalue weighted by Crippen LogP contribution is 2.25. The topological polar surface area (TPSA) is 50.9 Å². The van der Waals surface area contributed by atoms with E-state index in [0.717, 1.165) is 22.9 Å². The number of hydrogen-bond donors (Lipinski definition) is 1. The Hall–Kier alpha value is -1.20. The lowest BCUT2D eigenvalue weighted by atomic mass is 10.3. The van der Waals surface area contributed by atoms with Crippen molar-refractivity contribution in [2.75, 3.05) is 0 Å². The second-order valence-electron chi connectivity index (χ2n) is 3.66. The molecule has 2 heterocycles. The van der Waals surface area contributed by atoms with Gasteiger partial charge in [-0.05, 0) is 13.3 Å². The van der Waals surface area contributed by atoms with Crippen LogP contribution in [0.4, 0.5) is 0 Å². The second kappa shape index (κ2) is 4.76. The average Bonchev–Trinajstić information content (AvgIpc) is 2.87. The van der Waals surface area contributed by atoms with Crippen LogP contribution >= 0.6 is 11.3 Å². The zero-order chi connectivity index (χ0) is 11.5. The highest BCUT2D eigenvalue weighted by Gasteiger charge is 2.17. The Balaban J connectivity index is 2.26. The molecule has 0 saturated heterocycles. The lowest BCUT2D eigenvalue weighted by molar-refractivity contribution is 0.208. The number of aliphatic hydroxyl groups excluding tert-OH is 1. The van der Waals surface area contributed by atoms with Crippen LogP contribution < -0.4 is 0 Å². The van der Waals surface area contributed by atoms with E-state index >= 15 is 0 Å². The van der Waals surface area contributed by atoms with E-state index in [2.05, 4.69) is 16.9 Å². The van der Waals surface area contributed by atoms with Crippen molar-refractivity contribution < 1.29 is 5.11 Å². The first-order valence-electron chi connectivity index (χ1n) is 5.33. The summed E-state index contributed by atoms with van der Waals surface area (Å²) in [6.07, 6.45) is 5.71. The highest BCUT2D eigenvalue weighted by atomic mass is 32.1. The standard InChI is InChI=1S/C11H15N3OS/c1-3-5-14-6-4-12-11(14)10(15)9-7-13-8(2)16-9/h4,6-7,10,15H,3,5H2,1-2H3. The molecule has 86 valence electrons. The molecule has 0 aliphatic rings. The Morgan fingerprint density at radius 1 is 1.50 bits per heavy atom. The Morgan fingerprint density at radius 2 is 2.31 bits per heavy atom. The first-order valence-corrected chi connectivity index (χ1v) is 6.15. The van der Waals surface area contributed by atoms with Crippen LogP contribution in [0.3, 0.4) is 0 Å². The van der Waals surface area contributed by atoms with E-state index in [4.69, 9.17) is 0 Å². The van der Waals surface area contributed by atoms with Gasteiger partial charge in [-0.3, -0.25) is 0 Å². The third-order valence-electron chi connectivity index (χ3n) is 2.37. The summed E-state index contributed by atoms with van der Waals surface area (Å²) in [5.74, 6) is 0.700. The molecule has 0 bridgehead atoms. The average molecular weight is 237 g/mol. The van der Waals surface area contributed by atoms with Gasteiger partial charge >= 0.3 is 0 Å². The van der Waals surface area contributed by atoms with Gasteiger partial charge in [-0.2, -0.15) is 0 Å². The number of aromatic nitrogens is 3. The van der Waals surface area contributed by atoms with Gasteiger partial charge in [0.25, 0.3) is 0 Å². The van der Waals surface area contributed by atoms with E-state index in [1.165, 1.54) is 11.3 Å². The molecule has 2 aromatic heterocycles. The van der Waals surface area contributed by atoms with Crippen molar-refractivity contribution in [1.29, 1.82) is 0 Å². The van der Waals surface area contributed by atoms with E-state index < -0.39 is 6.10 Å². The molecule has 1 N–H and O–H groups in total. The molecule has 0 aliphatic carbocycles. The molecule has 0 amide bonds. The first-order chi connectivity index (χ1) is 7.72. The normalized spacial score (nSPS) is 12.9. The number of rotatable bonds is 4. The maximum absolute atomic E-state index is 10.2. The minimum Gasteiger partial charge on any atom is -0.379 e. The molecular weight excluding hydrogens is 222 g/mol. The maximum Gasteiger partial charge on any atom is 0.147 e. The smallest absolute Gasteiger partial charge is 0.147 e. The molecule has 0 radical (unpaired) electrons. The van der Waals surface area contributed by atoms with E-state index in [9.17, 15) is 5.11 Å². The number of thiazole rings is 1. The van der Waals surface area contributed by atoms with Gasteiger partial charge in [0.05, 0.1) is 9.88 Å². The predicted molar refractivity (Wildman–Crippen MR) is 63.4 cm³/mol. The molecule has 16 heavy (non-hydrogen) atoms.